The molecule has 6 nitrogen and oxygen atoms in total. The van der Waals surface area contributed by atoms with Gasteiger partial charge in [0.15, 0.2) is 5.82 Å². The average molecular weight is 271 g/mol. The Morgan fingerprint density at radius 3 is 3.06 bits per heavy atom. The molecule has 0 saturated carbocycles. The van der Waals surface area contributed by atoms with E-state index in [-0.39, 0.29) is 17.5 Å². The molecule has 0 aliphatic rings. The minimum Gasteiger partial charge on any atom is -0.465 e. The summed E-state index contributed by atoms with van der Waals surface area (Å²) in [6, 6.07) is 0. The van der Waals surface area contributed by atoms with E-state index in [4.69, 9.17) is 10.5 Å². The van der Waals surface area contributed by atoms with Gasteiger partial charge in [-0.25, -0.2) is 4.79 Å². The van der Waals surface area contributed by atoms with Gasteiger partial charge in [-0.2, -0.15) is 4.37 Å². The first-order chi connectivity index (χ1) is 8.60. The highest BCUT2D eigenvalue weighted by Gasteiger charge is 2.20. The van der Waals surface area contributed by atoms with Crippen LogP contribution in [0.1, 0.15) is 17.3 Å². The molecule has 0 radical (unpaired) electrons. The van der Waals surface area contributed by atoms with Crippen molar-refractivity contribution in [3.63, 3.8) is 0 Å². The van der Waals surface area contributed by atoms with Gasteiger partial charge >= 0.3 is 5.97 Å². The number of aromatic nitrogens is 1. The normalized spacial score (nSPS) is 11.9. The van der Waals surface area contributed by atoms with E-state index < -0.39 is 5.97 Å². The molecule has 3 N–H and O–H groups in total. The molecule has 1 unspecified atom stereocenters. The van der Waals surface area contributed by atoms with E-state index in [2.05, 4.69) is 21.0 Å². The van der Waals surface area contributed by atoms with Crippen molar-refractivity contribution in [3.8, 4) is 0 Å². The number of nitrogen functional groups attached to an aromatic ring is 1. The van der Waals surface area contributed by atoms with Gasteiger partial charge in [-0.05, 0) is 18.5 Å². The molecule has 1 rings (SSSR count). The first kappa shape index (κ1) is 14.5. The van der Waals surface area contributed by atoms with Gasteiger partial charge in [-0.15, -0.1) is 6.58 Å². The molecule has 1 aromatic rings. The number of ether oxygens (including phenoxy) is 2. The number of anilines is 2. The van der Waals surface area contributed by atoms with E-state index in [9.17, 15) is 4.79 Å². The lowest BCUT2D eigenvalue weighted by atomic mass is 10.3. The SMILES string of the molecule is C=CCOC(C)CNc1snc(N)c1C(=O)OC. The topological polar surface area (TPSA) is 86.5 Å². The van der Waals surface area contributed by atoms with Gasteiger partial charge in [-0.1, -0.05) is 6.08 Å². The van der Waals surface area contributed by atoms with Crippen LogP contribution in [0.2, 0.25) is 0 Å². The zero-order valence-corrected chi connectivity index (χ0v) is 11.3. The van der Waals surface area contributed by atoms with Crippen LogP contribution < -0.4 is 11.1 Å². The average Bonchev–Trinajstić information content (AvgIpc) is 2.74. The van der Waals surface area contributed by atoms with E-state index in [0.29, 0.717) is 18.2 Å². The predicted octanol–water partition coefficient (Wildman–Crippen LogP) is 1.51. The van der Waals surface area contributed by atoms with Crippen molar-refractivity contribution < 1.29 is 14.3 Å². The molecule has 18 heavy (non-hydrogen) atoms. The Kier molecular flexibility index (Phi) is 5.60. The largest absolute Gasteiger partial charge is 0.465 e. The minimum absolute atomic E-state index is 0.0168. The van der Waals surface area contributed by atoms with Crippen LogP contribution >= 0.6 is 11.5 Å². The van der Waals surface area contributed by atoms with Crippen LogP contribution in [0, 0.1) is 0 Å². The fraction of sp³-hybridized carbons (Fsp3) is 0.455. The fourth-order valence-corrected chi connectivity index (χ4v) is 1.96. The molecule has 0 amide bonds. The van der Waals surface area contributed by atoms with Crippen LogP contribution in [0.4, 0.5) is 10.8 Å². The first-order valence-corrected chi connectivity index (χ1v) is 6.17. The number of hydrogen-bond acceptors (Lipinski definition) is 7. The van der Waals surface area contributed by atoms with Gasteiger partial charge < -0.3 is 20.5 Å². The third kappa shape index (κ3) is 3.71. The molecule has 7 heteroatoms. The number of methoxy groups -OCH3 is 1. The van der Waals surface area contributed by atoms with Crippen molar-refractivity contribution in [3.05, 3.63) is 18.2 Å². The Morgan fingerprint density at radius 1 is 1.72 bits per heavy atom. The van der Waals surface area contributed by atoms with E-state index in [1.54, 1.807) is 6.08 Å². The van der Waals surface area contributed by atoms with E-state index >= 15 is 0 Å². The number of nitrogens with two attached hydrogens (primary N) is 1. The van der Waals surface area contributed by atoms with Crippen LogP contribution in [0.15, 0.2) is 12.7 Å². The fourth-order valence-electron chi connectivity index (χ4n) is 1.25. The van der Waals surface area contributed by atoms with Crippen molar-refractivity contribution >= 4 is 28.3 Å². The van der Waals surface area contributed by atoms with E-state index in [1.165, 1.54) is 7.11 Å². The van der Waals surface area contributed by atoms with Crippen LogP contribution in [-0.4, -0.2) is 36.7 Å². The molecule has 0 aromatic carbocycles. The minimum atomic E-state index is -0.497. The van der Waals surface area contributed by atoms with Crippen LogP contribution in [-0.2, 0) is 9.47 Å². The van der Waals surface area contributed by atoms with Crippen molar-refractivity contribution in [1.29, 1.82) is 0 Å². The summed E-state index contributed by atoms with van der Waals surface area (Å²) in [4.78, 5) is 11.5. The third-order valence-corrected chi connectivity index (χ3v) is 2.98. The number of carbonyl (C=O) groups excluding carboxylic acids is 1. The maximum Gasteiger partial charge on any atom is 0.344 e. The summed E-state index contributed by atoms with van der Waals surface area (Å²) in [7, 11) is 1.30. The summed E-state index contributed by atoms with van der Waals surface area (Å²) in [6.45, 7) is 6.51. The molecule has 0 saturated heterocycles. The quantitative estimate of drug-likeness (QED) is 0.577. The van der Waals surface area contributed by atoms with Gasteiger partial charge in [0.2, 0.25) is 0 Å². The first-order valence-electron chi connectivity index (χ1n) is 5.40. The molecule has 0 bridgehead atoms. The Hall–Kier alpha value is -1.60. The number of hydrogen-bond donors (Lipinski definition) is 2. The number of esters is 1. The molecule has 100 valence electrons. The maximum atomic E-state index is 11.5. The second kappa shape index (κ2) is 6.97. The molecule has 0 aliphatic carbocycles. The van der Waals surface area contributed by atoms with Crippen molar-refractivity contribution in [2.75, 3.05) is 31.3 Å². The Bertz CT molecular complexity index is 420. The van der Waals surface area contributed by atoms with Gasteiger partial charge in [0.1, 0.15) is 10.6 Å². The maximum absolute atomic E-state index is 11.5. The Morgan fingerprint density at radius 2 is 2.44 bits per heavy atom. The van der Waals surface area contributed by atoms with Gasteiger partial charge in [0.25, 0.3) is 0 Å². The van der Waals surface area contributed by atoms with Crippen LogP contribution in [0.25, 0.3) is 0 Å². The van der Waals surface area contributed by atoms with Crippen molar-refractivity contribution in [2.45, 2.75) is 13.0 Å². The summed E-state index contributed by atoms with van der Waals surface area (Å²) in [5.74, 6) is -0.322. The monoisotopic (exact) mass is 271 g/mol. The highest BCUT2D eigenvalue weighted by Crippen LogP contribution is 2.27. The Labute approximate surface area is 110 Å². The van der Waals surface area contributed by atoms with Crippen LogP contribution in [0.3, 0.4) is 0 Å². The summed E-state index contributed by atoms with van der Waals surface area (Å²) in [5.41, 5.74) is 5.89. The van der Waals surface area contributed by atoms with Gasteiger partial charge in [-0.3, -0.25) is 0 Å². The zero-order chi connectivity index (χ0) is 13.5. The summed E-state index contributed by atoms with van der Waals surface area (Å²) in [5, 5.41) is 3.66. The second-order valence-electron chi connectivity index (χ2n) is 3.58. The highest BCUT2D eigenvalue weighted by atomic mass is 32.1. The molecule has 0 spiro atoms. The van der Waals surface area contributed by atoms with Gasteiger partial charge in [0, 0.05) is 6.54 Å². The molecular weight excluding hydrogens is 254 g/mol. The van der Waals surface area contributed by atoms with Gasteiger partial charge in [0.05, 0.1) is 19.8 Å². The predicted molar refractivity (Wildman–Crippen MR) is 72.0 cm³/mol. The smallest absolute Gasteiger partial charge is 0.344 e. The lowest BCUT2D eigenvalue weighted by molar-refractivity contribution is 0.0603. The lowest BCUT2D eigenvalue weighted by Crippen LogP contribution is -2.20. The summed E-state index contributed by atoms with van der Waals surface area (Å²) < 4.78 is 14.0. The molecule has 1 atom stereocenters. The standard InChI is InChI=1S/C11H17N3O3S/c1-4-5-17-7(2)6-13-10-8(11(15)16-3)9(12)14-18-10/h4,7,13H,1,5-6H2,2-3H3,(H2,12,14). The van der Waals surface area contributed by atoms with E-state index in [0.717, 1.165) is 11.5 Å². The molecule has 0 aliphatic heterocycles. The van der Waals surface area contributed by atoms with Crippen LogP contribution in [0.5, 0.6) is 0 Å². The molecule has 1 heterocycles. The lowest BCUT2D eigenvalue weighted by Gasteiger charge is -2.13. The number of nitrogens with one attached hydrogen (secondary N) is 1. The summed E-state index contributed by atoms with van der Waals surface area (Å²) in [6.07, 6.45) is 1.66. The Balaban J connectivity index is 2.62. The molecule has 0 fully saturated rings. The van der Waals surface area contributed by atoms with Crippen molar-refractivity contribution in [1.82, 2.24) is 4.37 Å². The number of rotatable bonds is 7. The number of carbonyl (C=O) groups is 1. The highest BCUT2D eigenvalue weighted by molar-refractivity contribution is 7.11. The van der Waals surface area contributed by atoms with Crippen molar-refractivity contribution in [2.24, 2.45) is 0 Å². The second-order valence-corrected chi connectivity index (χ2v) is 4.35. The molecule has 1 aromatic heterocycles. The summed E-state index contributed by atoms with van der Waals surface area (Å²) >= 11 is 1.12. The molecular formula is C11H17N3O3S. The third-order valence-electron chi connectivity index (χ3n) is 2.16. The van der Waals surface area contributed by atoms with E-state index in [1.807, 2.05) is 6.92 Å². The number of nitrogens with zero attached hydrogens (tertiary/aromatic N) is 1. The zero-order valence-electron chi connectivity index (χ0n) is 10.4.